The van der Waals surface area contributed by atoms with Gasteiger partial charge in [0.2, 0.25) is 0 Å². The zero-order chi connectivity index (χ0) is 34.1. The Morgan fingerprint density at radius 1 is 0.780 bits per heavy atom. The number of carboxylic acids is 1. The molecular weight excluding hydrogens is 689 g/mol. The Bertz CT molecular complexity index is 2170. The van der Waals surface area contributed by atoms with Crippen LogP contribution < -0.4 is 0 Å². The van der Waals surface area contributed by atoms with Gasteiger partial charge in [-0.2, -0.15) is 0 Å². The van der Waals surface area contributed by atoms with Crippen LogP contribution in [0.4, 0.5) is 5.69 Å². The molecule has 0 fully saturated rings. The Balaban J connectivity index is 0.00000432. The van der Waals surface area contributed by atoms with Gasteiger partial charge in [-0.25, -0.2) is 4.79 Å². The molecule has 0 spiro atoms. The van der Waals surface area contributed by atoms with Crippen molar-refractivity contribution in [1.29, 1.82) is 0 Å². The molecule has 6 nitrogen and oxygen atoms in total. The van der Waals surface area contributed by atoms with E-state index >= 15 is 0 Å². The van der Waals surface area contributed by atoms with Gasteiger partial charge in [0.25, 0.3) is 0 Å². The fourth-order valence-corrected chi connectivity index (χ4v) is 6.99. The first-order valence-electron chi connectivity index (χ1n) is 16.4. The number of aliphatic carboxylic acids is 1. The largest absolute Gasteiger partial charge is 2.00 e. The maximum Gasteiger partial charge on any atom is 2.00 e. The van der Waals surface area contributed by atoms with Gasteiger partial charge in [0.05, 0.1) is 11.6 Å². The van der Waals surface area contributed by atoms with Crippen LogP contribution in [-0.2, 0) is 39.2 Å². The molecule has 0 saturated carbocycles. The monoisotopic (exact) mass is 722 g/mol. The van der Waals surface area contributed by atoms with E-state index in [2.05, 4.69) is 83.0 Å². The normalized spacial score (nSPS) is 13.6. The van der Waals surface area contributed by atoms with Gasteiger partial charge in [-0.05, 0) is 67.4 Å². The van der Waals surface area contributed by atoms with Crippen LogP contribution in [-0.4, -0.2) is 40.2 Å². The molecule has 0 aliphatic carbocycles. The van der Waals surface area contributed by atoms with Gasteiger partial charge >= 0.3 is 22.5 Å². The van der Waals surface area contributed by atoms with Crippen molar-refractivity contribution in [3.05, 3.63) is 154 Å². The zero-order valence-electron chi connectivity index (χ0n) is 27.6. The van der Waals surface area contributed by atoms with Crippen molar-refractivity contribution in [2.45, 2.75) is 33.0 Å². The van der Waals surface area contributed by atoms with Gasteiger partial charge in [0.15, 0.2) is 0 Å². The Morgan fingerprint density at radius 3 is 1.90 bits per heavy atom. The Labute approximate surface area is 306 Å². The van der Waals surface area contributed by atoms with Crippen LogP contribution in [0.2, 0.25) is 5.02 Å². The fraction of sp³-hybridized carbons (Fsp3) is 0.167. The average Bonchev–Trinajstić information content (AvgIpc) is 3.26. The second-order valence-corrected chi connectivity index (χ2v) is 13.3. The first-order valence-corrected chi connectivity index (χ1v) is 16.8. The zero-order valence-corrected chi connectivity index (χ0v) is 29.4. The first kappa shape index (κ1) is 35.0. The number of nitrogens with zero attached hydrogens (tertiary/aromatic N) is 3. The molecule has 1 aliphatic rings. The summed E-state index contributed by atoms with van der Waals surface area (Å²) in [5.41, 5.74) is 6.74. The van der Waals surface area contributed by atoms with E-state index in [4.69, 9.17) is 16.6 Å². The number of carbonyl (C=O) groups excluding carboxylic acids is 1. The molecule has 1 atom stereocenters. The number of fused-ring (bicyclic) bond motifs is 7. The summed E-state index contributed by atoms with van der Waals surface area (Å²) in [5.74, 6) is -1.61. The standard InChI is InChI=1S/C42H36ClN3O3.Ni/c1-26(2)40(42(48)49)45-41(29-12-4-3-5-13-29)35-22-32(43)20-21-36(35)44-37(47)25-46-23-30-18-16-27-10-6-8-14-33(27)38(30)39-31(24-46)19-17-28-11-7-9-15-34(28)39;/h3-22,26,40H,23-25H2,1-2H3,(H2,44,45,47,48,49);/q;+2/p-1/t40-;/m0./s1. The predicted octanol–water partition coefficient (Wildman–Crippen LogP) is 9.81. The molecule has 0 aromatic heterocycles. The van der Waals surface area contributed by atoms with Crippen LogP contribution in [0.25, 0.3) is 38.0 Å². The third kappa shape index (κ3) is 7.08. The van der Waals surface area contributed by atoms with E-state index in [0.717, 1.165) is 11.1 Å². The van der Waals surface area contributed by atoms with E-state index in [1.54, 1.807) is 18.2 Å². The average molecular weight is 724 g/mol. The number of rotatable bonds is 8. The Hall–Kier alpha value is -4.81. The maximum atomic E-state index is 13.9. The molecule has 7 rings (SSSR count). The minimum Gasteiger partial charge on any atom is -0.625 e. The van der Waals surface area contributed by atoms with E-state index in [0.29, 0.717) is 40.6 Å². The molecule has 1 amide bonds. The summed E-state index contributed by atoms with van der Waals surface area (Å²) in [7, 11) is 0. The van der Waals surface area contributed by atoms with Gasteiger partial charge in [-0.15, -0.1) is 5.69 Å². The molecule has 1 heterocycles. The van der Waals surface area contributed by atoms with Crippen molar-refractivity contribution in [3.63, 3.8) is 0 Å². The van der Waals surface area contributed by atoms with Crippen molar-refractivity contribution < 1.29 is 31.2 Å². The van der Waals surface area contributed by atoms with E-state index < -0.39 is 12.0 Å². The van der Waals surface area contributed by atoms with Crippen molar-refractivity contribution in [1.82, 2.24) is 4.90 Å². The van der Waals surface area contributed by atoms with Crippen molar-refractivity contribution in [2.75, 3.05) is 6.54 Å². The minimum absolute atomic E-state index is 0. The summed E-state index contributed by atoms with van der Waals surface area (Å²) in [6.07, 6.45) is 0. The van der Waals surface area contributed by atoms with Crippen molar-refractivity contribution >= 4 is 56.4 Å². The molecule has 1 aliphatic heterocycles. The topological polar surface area (TPSA) is 84.1 Å². The number of carbonyl (C=O) groups is 2. The van der Waals surface area contributed by atoms with Gasteiger partial charge in [-0.3, -0.25) is 9.89 Å². The molecule has 0 unspecified atom stereocenters. The molecule has 0 saturated heterocycles. The number of benzene rings is 6. The third-order valence-corrected chi connectivity index (χ3v) is 9.32. The summed E-state index contributed by atoms with van der Waals surface area (Å²) in [4.78, 5) is 33.0. The fourth-order valence-electron chi connectivity index (χ4n) is 6.82. The summed E-state index contributed by atoms with van der Waals surface area (Å²) >= 11 is 6.49. The molecular formula is C42H35ClN3NiO3+. The smallest absolute Gasteiger partial charge is 0.625 e. The number of halogens is 1. The molecule has 6 aromatic rings. The van der Waals surface area contributed by atoms with Crippen LogP contribution in [0, 0.1) is 5.92 Å². The van der Waals surface area contributed by atoms with Gasteiger partial charge in [0, 0.05) is 30.2 Å². The van der Waals surface area contributed by atoms with E-state index in [9.17, 15) is 14.7 Å². The summed E-state index contributed by atoms with van der Waals surface area (Å²) in [6, 6.07) is 39.0. The Morgan fingerprint density at radius 2 is 1.34 bits per heavy atom. The van der Waals surface area contributed by atoms with Crippen LogP contribution >= 0.6 is 11.6 Å². The van der Waals surface area contributed by atoms with Crippen LogP contribution in [0.3, 0.4) is 0 Å². The number of carboxylic acid groups (broad SMARTS) is 1. The van der Waals surface area contributed by atoms with Crippen LogP contribution in [0.15, 0.2) is 126 Å². The van der Waals surface area contributed by atoms with Gasteiger partial charge in [-0.1, -0.05) is 135 Å². The molecule has 8 heteroatoms. The van der Waals surface area contributed by atoms with E-state index in [1.165, 1.54) is 32.7 Å². The van der Waals surface area contributed by atoms with Crippen molar-refractivity contribution in [2.24, 2.45) is 10.9 Å². The molecule has 50 heavy (non-hydrogen) atoms. The van der Waals surface area contributed by atoms with Crippen LogP contribution in [0.5, 0.6) is 0 Å². The number of hydrogen-bond acceptors (Lipinski definition) is 4. The summed E-state index contributed by atoms with van der Waals surface area (Å²) < 4.78 is 0. The molecule has 0 radical (unpaired) electrons. The number of hydrogen-bond donors (Lipinski definition) is 1. The van der Waals surface area contributed by atoms with Crippen LogP contribution in [0.1, 0.15) is 36.1 Å². The van der Waals surface area contributed by atoms with Crippen molar-refractivity contribution in [3.8, 4) is 11.1 Å². The molecule has 6 aromatic carbocycles. The molecule has 1 N–H and O–H groups in total. The predicted molar refractivity (Wildman–Crippen MR) is 199 cm³/mol. The van der Waals surface area contributed by atoms with E-state index in [1.807, 2.05) is 44.2 Å². The quantitative estimate of drug-likeness (QED) is 0.125. The molecule has 252 valence electrons. The first-order chi connectivity index (χ1) is 23.8. The number of aliphatic imine (C=N–C) groups is 1. The number of amides is 1. The minimum atomic E-state index is -1.03. The van der Waals surface area contributed by atoms with Gasteiger partial charge in [0.1, 0.15) is 6.04 Å². The third-order valence-electron chi connectivity index (χ3n) is 9.09. The van der Waals surface area contributed by atoms with E-state index in [-0.39, 0.29) is 34.9 Å². The SMILES string of the molecule is CC(C)[C@H](N=C(c1ccccc1)c1cc(Cl)ccc1[N-]C(=O)CN1Cc2ccc3ccccc3c2-c2c(ccc3ccccc23)C1)C(=O)O.[Ni+2]. The maximum absolute atomic E-state index is 13.9. The summed E-state index contributed by atoms with van der Waals surface area (Å²) in [6.45, 7) is 4.87. The summed E-state index contributed by atoms with van der Waals surface area (Å²) in [5, 5.41) is 19.8. The molecule has 0 bridgehead atoms. The second kappa shape index (κ2) is 15.0. The second-order valence-electron chi connectivity index (χ2n) is 12.8. The Kier molecular flexibility index (Phi) is 10.5. The van der Waals surface area contributed by atoms with Gasteiger partial charge < -0.3 is 15.2 Å².